The number of anilines is 1. The van der Waals surface area contributed by atoms with Gasteiger partial charge in [0.25, 0.3) is 5.91 Å². The number of carbonyl (C=O) groups is 2. The molecule has 120 valence electrons. The number of benzene rings is 1. The van der Waals surface area contributed by atoms with Gasteiger partial charge in [-0.3, -0.25) is 4.79 Å². The van der Waals surface area contributed by atoms with E-state index in [2.05, 4.69) is 5.32 Å². The highest BCUT2D eigenvalue weighted by Crippen LogP contribution is 2.17. The van der Waals surface area contributed by atoms with Crippen molar-refractivity contribution in [2.75, 3.05) is 31.5 Å². The van der Waals surface area contributed by atoms with Crippen LogP contribution >= 0.6 is 22.9 Å². The van der Waals surface area contributed by atoms with Crippen LogP contribution in [0.25, 0.3) is 0 Å². The molecule has 0 spiro atoms. The zero-order chi connectivity index (χ0) is 16.2. The van der Waals surface area contributed by atoms with Gasteiger partial charge in [0.1, 0.15) is 0 Å². The predicted molar refractivity (Wildman–Crippen MR) is 92.3 cm³/mol. The fraction of sp³-hybridized carbons (Fsp3) is 0.250. The Morgan fingerprint density at radius 3 is 2.43 bits per heavy atom. The van der Waals surface area contributed by atoms with Crippen LogP contribution in [0.15, 0.2) is 41.8 Å². The van der Waals surface area contributed by atoms with Gasteiger partial charge in [-0.25, -0.2) is 4.79 Å². The first-order chi connectivity index (χ1) is 11.1. The number of hydrogen-bond acceptors (Lipinski definition) is 3. The van der Waals surface area contributed by atoms with Crippen LogP contribution in [0.1, 0.15) is 9.67 Å². The molecule has 3 amide bonds. The summed E-state index contributed by atoms with van der Waals surface area (Å²) in [6.07, 6.45) is 0. The van der Waals surface area contributed by atoms with Crippen molar-refractivity contribution in [3.8, 4) is 0 Å². The zero-order valence-electron chi connectivity index (χ0n) is 12.4. The molecule has 7 heteroatoms. The SMILES string of the molecule is O=C(Nc1cccc(Cl)c1)N1CCN(C(=O)c2cccs2)CC1. The Balaban J connectivity index is 1.54. The van der Waals surface area contributed by atoms with E-state index in [-0.39, 0.29) is 11.9 Å². The van der Waals surface area contributed by atoms with Crippen LogP contribution in [-0.4, -0.2) is 47.9 Å². The Hall–Kier alpha value is -2.05. The van der Waals surface area contributed by atoms with Gasteiger partial charge in [-0.05, 0) is 29.6 Å². The second kappa shape index (κ2) is 7.02. The Kier molecular flexibility index (Phi) is 4.83. The van der Waals surface area contributed by atoms with Crippen molar-refractivity contribution in [3.63, 3.8) is 0 Å². The summed E-state index contributed by atoms with van der Waals surface area (Å²) in [5.41, 5.74) is 0.666. The van der Waals surface area contributed by atoms with E-state index in [4.69, 9.17) is 11.6 Å². The van der Waals surface area contributed by atoms with E-state index in [1.54, 1.807) is 34.1 Å². The number of halogens is 1. The second-order valence-electron chi connectivity index (χ2n) is 5.20. The quantitative estimate of drug-likeness (QED) is 0.903. The highest BCUT2D eigenvalue weighted by atomic mass is 35.5. The Bertz CT molecular complexity index is 697. The molecule has 1 aliphatic heterocycles. The Morgan fingerprint density at radius 1 is 1.04 bits per heavy atom. The molecule has 5 nitrogen and oxygen atoms in total. The number of amides is 3. The minimum absolute atomic E-state index is 0.0369. The van der Waals surface area contributed by atoms with Crippen molar-refractivity contribution in [2.45, 2.75) is 0 Å². The fourth-order valence-corrected chi connectivity index (χ4v) is 3.32. The van der Waals surface area contributed by atoms with Crippen LogP contribution in [0.5, 0.6) is 0 Å². The third-order valence-corrected chi connectivity index (χ3v) is 4.75. The van der Waals surface area contributed by atoms with Crippen molar-refractivity contribution in [2.24, 2.45) is 0 Å². The molecule has 1 N–H and O–H groups in total. The average Bonchev–Trinajstić information content (AvgIpc) is 3.09. The van der Waals surface area contributed by atoms with Crippen molar-refractivity contribution in [3.05, 3.63) is 51.7 Å². The van der Waals surface area contributed by atoms with Crippen molar-refractivity contribution < 1.29 is 9.59 Å². The summed E-state index contributed by atoms with van der Waals surface area (Å²) in [4.78, 5) is 28.8. The van der Waals surface area contributed by atoms with Crippen LogP contribution in [-0.2, 0) is 0 Å². The number of nitrogens with one attached hydrogen (secondary N) is 1. The number of nitrogens with zero attached hydrogens (tertiary/aromatic N) is 2. The highest BCUT2D eigenvalue weighted by Gasteiger charge is 2.25. The monoisotopic (exact) mass is 349 g/mol. The lowest BCUT2D eigenvalue weighted by atomic mass is 10.3. The van der Waals surface area contributed by atoms with E-state index in [1.165, 1.54) is 11.3 Å². The van der Waals surface area contributed by atoms with Crippen LogP contribution < -0.4 is 5.32 Å². The normalized spacial score (nSPS) is 14.7. The van der Waals surface area contributed by atoms with Crippen molar-refractivity contribution >= 4 is 40.6 Å². The highest BCUT2D eigenvalue weighted by molar-refractivity contribution is 7.12. The molecule has 0 saturated carbocycles. The number of rotatable bonds is 2. The molecule has 0 bridgehead atoms. The summed E-state index contributed by atoms with van der Waals surface area (Å²) >= 11 is 7.35. The van der Waals surface area contributed by atoms with Gasteiger partial charge in [-0.2, -0.15) is 0 Å². The maximum absolute atomic E-state index is 12.3. The minimum atomic E-state index is -0.171. The smallest absolute Gasteiger partial charge is 0.321 e. The number of hydrogen-bond donors (Lipinski definition) is 1. The number of carbonyl (C=O) groups excluding carboxylic acids is 2. The zero-order valence-corrected chi connectivity index (χ0v) is 13.9. The number of piperazine rings is 1. The van der Waals surface area contributed by atoms with Gasteiger partial charge >= 0.3 is 6.03 Å². The van der Waals surface area contributed by atoms with Gasteiger partial charge in [0.2, 0.25) is 0 Å². The molecule has 0 atom stereocenters. The van der Waals surface area contributed by atoms with Gasteiger partial charge in [-0.1, -0.05) is 23.7 Å². The molecule has 1 aromatic carbocycles. The molecule has 0 radical (unpaired) electrons. The predicted octanol–water partition coefficient (Wildman–Crippen LogP) is 3.39. The Morgan fingerprint density at radius 2 is 1.78 bits per heavy atom. The van der Waals surface area contributed by atoms with Gasteiger partial charge in [-0.15, -0.1) is 11.3 Å². The van der Waals surface area contributed by atoms with Gasteiger partial charge in [0.05, 0.1) is 4.88 Å². The third kappa shape index (κ3) is 3.83. The fourth-order valence-electron chi connectivity index (χ4n) is 2.44. The standard InChI is InChI=1S/C16H16ClN3O2S/c17-12-3-1-4-13(11-12)18-16(22)20-8-6-19(7-9-20)15(21)14-5-2-10-23-14/h1-5,10-11H,6-9H2,(H,18,22). The molecule has 23 heavy (non-hydrogen) atoms. The van der Waals surface area contributed by atoms with Crippen molar-refractivity contribution in [1.82, 2.24) is 9.80 Å². The molecule has 0 aliphatic carbocycles. The van der Waals surface area contributed by atoms with Crippen LogP contribution in [0.3, 0.4) is 0 Å². The maximum Gasteiger partial charge on any atom is 0.321 e. The van der Waals surface area contributed by atoms with Crippen LogP contribution in [0.2, 0.25) is 5.02 Å². The topological polar surface area (TPSA) is 52.7 Å². The first kappa shape index (κ1) is 15.8. The molecule has 1 saturated heterocycles. The third-order valence-electron chi connectivity index (χ3n) is 3.66. The van der Waals surface area contributed by atoms with Gasteiger partial charge in [0.15, 0.2) is 0 Å². The summed E-state index contributed by atoms with van der Waals surface area (Å²) in [6, 6.07) is 10.6. The first-order valence-electron chi connectivity index (χ1n) is 7.28. The number of urea groups is 1. The van der Waals surface area contributed by atoms with Crippen molar-refractivity contribution in [1.29, 1.82) is 0 Å². The largest absolute Gasteiger partial charge is 0.334 e. The summed E-state index contributed by atoms with van der Waals surface area (Å²) in [6.45, 7) is 2.12. The van der Waals surface area contributed by atoms with Gasteiger partial charge < -0.3 is 15.1 Å². The van der Waals surface area contributed by atoms with Crippen LogP contribution in [0.4, 0.5) is 10.5 Å². The molecule has 3 rings (SSSR count). The summed E-state index contributed by atoms with van der Waals surface area (Å²) in [5, 5.41) is 5.29. The van der Waals surface area contributed by atoms with E-state index in [0.717, 1.165) is 4.88 Å². The molecular formula is C16H16ClN3O2S. The molecule has 1 aliphatic rings. The molecule has 0 unspecified atom stereocenters. The molecule has 2 heterocycles. The number of thiophene rings is 1. The van der Waals surface area contributed by atoms with E-state index < -0.39 is 0 Å². The average molecular weight is 350 g/mol. The van der Waals surface area contributed by atoms with E-state index >= 15 is 0 Å². The molecular weight excluding hydrogens is 334 g/mol. The van der Waals surface area contributed by atoms with E-state index in [9.17, 15) is 9.59 Å². The first-order valence-corrected chi connectivity index (χ1v) is 8.53. The molecule has 1 aromatic heterocycles. The summed E-state index contributed by atoms with van der Waals surface area (Å²) < 4.78 is 0. The maximum atomic E-state index is 12.3. The van der Waals surface area contributed by atoms with Gasteiger partial charge in [0, 0.05) is 36.9 Å². The molecule has 2 aromatic rings. The minimum Gasteiger partial charge on any atom is -0.334 e. The lowest BCUT2D eigenvalue weighted by Crippen LogP contribution is -2.51. The van der Waals surface area contributed by atoms with E-state index in [0.29, 0.717) is 36.9 Å². The lowest BCUT2D eigenvalue weighted by Gasteiger charge is -2.34. The lowest BCUT2D eigenvalue weighted by molar-refractivity contribution is 0.0676. The molecule has 1 fully saturated rings. The summed E-state index contributed by atoms with van der Waals surface area (Å²) in [7, 11) is 0. The summed E-state index contributed by atoms with van der Waals surface area (Å²) in [5.74, 6) is 0.0369. The van der Waals surface area contributed by atoms with Crippen LogP contribution in [0, 0.1) is 0 Å². The van der Waals surface area contributed by atoms with E-state index in [1.807, 2.05) is 17.5 Å². The Labute approximate surface area is 143 Å². The second-order valence-corrected chi connectivity index (χ2v) is 6.58.